The van der Waals surface area contributed by atoms with Gasteiger partial charge in [-0.1, -0.05) is 24.3 Å². The van der Waals surface area contributed by atoms with Crippen LogP contribution < -0.4 is 0 Å². The minimum Gasteiger partial charge on any atom is -0.378 e. The van der Waals surface area contributed by atoms with Crippen LogP contribution in [0.15, 0.2) is 24.3 Å². The first kappa shape index (κ1) is 31.3. The fourth-order valence-corrected chi connectivity index (χ4v) is 4.18. The molecule has 0 aromatic heterocycles. The predicted octanol–water partition coefficient (Wildman–Crippen LogP) is 1.45. The Hall–Kier alpha value is -1.18. The molecule has 2 fully saturated rings. The minimum absolute atomic E-state index is 0.590. The highest BCUT2D eigenvalue weighted by atomic mass is 16.6. The molecule has 0 N–H and O–H groups in total. The van der Waals surface area contributed by atoms with E-state index < -0.39 is 0 Å². The molecule has 0 unspecified atom stereocenters. The number of ether oxygens (including phenoxy) is 8. The quantitative estimate of drug-likeness (QED) is 0.560. The average Bonchev–Trinajstić information content (AvgIpc) is 2.94. The molecular formula is C28H48N2O8. The smallest absolute Gasteiger partial charge is 0.0701 e. The Morgan fingerprint density at radius 3 is 0.947 bits per heavy atom. The van der Waals surface area contributed by atoms with Crippen molar-refractivity contribution in [3.63, 3.8) is 0 Å². The Morgan fingerprint density at radius 2 is 0.658 bits per heavy atom. The summed E-state index contributed by atoms with van der Waals surface area (Å²) in [6.45, 7) is 14.9. The molecular weight excluding hydrogens is 492 g/mol. The summed E-state index contributed by atoms with van der Waals surface area (Å²) in [4.78, 5) is 4.77. The fourth-order valence-electron chi connectivity index (χ4n) is 4.18. The molecule has 2 aliphatic heterocycles. The molecule has 0 atom stereocenters. The van der Waals surface area contributed by atoms with Crippen LogP contribution in [0.25, 0.3) is 0 Å². The first-order valence-corrected chi connectivity index (χ1v) is 14.0. The second kappa shape index (κ2) is 21.6. The standard InChI is InChI=1S/C28H48N2O8/c1-2-27(25-29-4-8-31-12-16-35-20-21-36-17-13-32-9-5-29)24-28(3-1)26-30-6-10-33-14-18-37-22-23-38-19-15-34-11-7-30/h1-3,24H,4-23,25-26H2. The van der Waals surface area contributed by atoms with Crippen molar-refractivity contribution in [2.75, 3.05) is 132 Å². The van der Waals surface area contributed by atoms with Gasteiger partial charge in [-0.15, -0.1) is 0 Å². The van der Waals surface area contributed by atoms with Crippen LogP contribution in [0.1, 0.15) is 11.1 Å². The van der Waals surface area contributed by atoms with Crippen LogP contribution in [-0.2, 0) is 51.0 Å². The van der Waals surface area contributed by atoms with Gasteiger partial charge in [0.05, 0.1) is 106 Å². The van der Waals surface area contributed by atoms with E-state index in [0.29, 0.717) is 106 Å². The van der Waals surface area contributed by atoms with Crippen LogP contribution in [0.5, 0.6) is 0 Å². The number of nitrogens with zero attached hydrogens (tertiary/aromatic N) is 2. The maximum Gasteiger partial charge on any atom is 0.0701 e. The molecule has 1 aromatic rings. The molecule has 38 heavy (non-hydrogen) atoms. The lowest BCUT2D eigenvalue weighted by Gasteiger charge is -2.24. The van der Waals surface area contributed by atoms with Crippen molar-refractivity contribution in [3.8, 4) is 0 Å². The molecule has 2 saturated heterocycles. The molecule has 0 aliphatic carbocycles. The summed E-state index contributed by atoms with van der Waals surface area (Å²) < 4.78 is 45.3. The Balaban J connectivity index is 1.50. The van der Waals surface area contributed by atoms with E-state index >= 15 is 0 Å². The zero-order chi connectivity index (χ0) is 26.4. The highest BCUT2D eigenvalue weighted by Gasteiger charge is 2.11. The van der Waals surface area contributed by atoms with Gasteiger partial charge >= 0.3 is 0 Å². The van der Waals surface area contributed by atoms with Gasteiger partial charge in [0.2, 0.25) is 0 Å². The van der Waals surface area contributed by atoms with Gasteiger partial charge in [0.1, 0.15) is 0 Å². The lowest BCUT2D eigenvalue weighted by molar-refractivity contribution is 0.00206. The highest BCUT2D eigenvalue weighted by molar-refractivity contribution is 5.23. The minimum atomic E-state index is 0.590. The van der Waals surface area contributed by atoms with Gasteiger partial charge in [0.25, 0.3) is 0 Å². The molecule has 218 valence electrons. The lowest BCUT2D eigenvalue weighted by Crippen LogP contribution is -2.32. The van der Waals surface area contributed by atoms with E-state index in [9.17, 15) is 0 Å². The number of benzene rings is 1. The topological polar surface area (TPSA) is 80.3 Å². The largest absolute Gasteiger partial charge is 0.378 e. The predicted molar refractivity (Wildman–Crippen MR) is 144 cm³/mol. The molecule has 0 radical (unpaired) electrons. The van der Waals surface area contributed by atoms with Gasteiger partial charge in [0.15, 0.2) is 0 Å². The molecule has 2 aliphatic rings. The van der Waals surface area contributed by atoms with Gasteiger partial charge < -0.3 is 37.9 Å². The summed E-state index contributed by atoms with van der Waals surface area (Å²) in [5, 5.41) is 0. The first-order valence-electron chi connectivity index (χ1n) is 14.0. The third-order valence-corrected chi connectivity index (χ3v) is 6.24. The number of hydrogen-bond donors (Lipinski definition) is 0. The van der Waals surface area contributed by atoms with E-state index in [1.165, 1.54) is 11.1 Å². The molecule has 0 amide bonds. The van der Waals surface area contributed by atoms with Crippen LogP contribution in [0.2, 0.25) is 0 Å². The maximum atomic E-state index is 5.79. The third-order valence-electron chi connectivity index (χ3n) is 6.24. The van der Waals surface area contributed by atoms with Crippen molar-refractivity contribution < 1.29 is 37.9 Å². The second-order valence-electron chi connectivity index (χ2n) is 9.27. The van der Waals surface area contributed by atoms with Crippen LogP contribution in [0, 0.1) is 0 Å². The summed E-state index contributed by atoms with van der Waals surface area (Å²) in [5.74, 6) is 0. The highest BCUT2D eigenvalue weighted by Crippen LogP contribution is 2.12. The second-order valence-corrected chi connectivity index (χ2v) is 9.27. The monoisotopic (exact) mass is 540 g/mol. The molecule has 10 nitrogen and oxygen atoms in total. The van der Waals surface area contributed by atoms with Crippen molar-refractivity contribution in [2.24, 2.45) is 0 Å². The molecule has 2 heterocycles. The van der Waals surface area contributed by atoms with Gasteiger partial charge in [-0.05, 0) is 11.1 Å². The molecule has 10 heteroatoms. The van der Waals surface area contributed by atoms with Crippen molar-refractivity contribution in [2.45, 2.75) is 13.1 Å². The van der Waals surface area contributed by atoms with E-state index in [0.717, 1.165) is 39.3 Å². The fraction of sp³-hybridized carbons (Fsp3) is 0.786. The Labute approximate surface area is 228 Å². The van der Waals surface area contributed by atoms with E-state index in [1.54, 1.807) is 0 Å². The molecule has 3 rings (SSSR count). The molecule has 0 bridgehead atoms. The first-order chi connectivity index (χ1) is 18.9. The Bertz CT molecular complexity index is 613. The van der Waals surface area contributed by atoms with E-state index in [4.69, 9.17) is 37.9 Å². The zero-order valence-electron chi connectivity index (χ0n) is 23.0. The van der Waals surface area contributed by atoms with Crippen molar-refractivity contribution >= 4 is 0 Å². The zero-order valence-corrected chi connectivity index (χ0v) is 23.0. The summed E-state index contributed by atoms with van der Waals surface area (Å²) in [6.07, 6.45) is 0. The molecule has 0 spiro atoms. The molecule has 0 saturated carbocycles. The summed E-state index contributed by atoms with van der Waals surface area (Å²) in [7, 11) is 0. The average molecular weight is 541 g/mol. The van der Waals surface area contributed by atoms with E-state index in [-0.39, 0.29) is 0 Å². The van der Waals surface area contributed by atoms with Gasteiger partial charge in [-0.2, -0.15) is 0 Å². The Kier molecular flexibility index (Phi) is 17.8. The lowest BCUT2D eigenvalue weighted by atomic mass is 10.1. The summed E-state index contributed by atoms with van der Waals surface area (Å²) in [5.41, 5.74) is 2.57. The van der Waals surface area contributed by atoms with Crippen molar-refractivity contribution in [1.82, 2.24) is 9.80 Å². The SMILES string of the molecule is c1cc(CN2CCOCCOCCOCCOCC2)cc(CN2CCOCCOCCOCCOCC2)c1. The van der Waals surface area contributed by atoms with E-state index in [2.05, 4.69) is 34.1 Å². The van der Waals surface area contributed by atoms with Crippen LogP contribution in [0.3, 0.4) is 0 Å². The summed E-state index contributed by atoms with van der Waals surface area (Å²) in [6, 6.07) is 8.84. The maximum absolute atomic E-state index is 5.79. The van der Waals surface area contributed by atoms with Gasteiger partial charge in [-0.25, -0.2) is 0 Å². The van der Waals surface area contributed by atoms with E-state index in [1.807, 2.05) is 0 Å². The Morgan fingerprint density at radius 1 is 0.395 bits per heavy atom. The van der Waals surface area contributed by atoms with Crippen LogP contribution in [0.4, 0.5) is 0 Å². The molecule has 1 aromatic carbocycles. The van der Waals surface area contributed by atoms with Crippen molar-refractivity contribution in [3.05, 3.63) is 35.4 Å². The van der Waals surface area contributed by atoms with Crippen LogP contribution in [-0.4, -0.2) is 142 Å². The third kappa shape index (κ3) is 15.4. The van der Waals surface area contributed by atoms with Crippen LogP contribution >= 0.6 is 0 Å². The van der Waals surface area contributed by atoms with Gasteiger partial charge in [0, 0.05) is 39.3 Å². The van der Waals surface area contributed by atoms with Gasteiger partial charge in [-0.3, -0.25) is 9.80 Å². The number of hydrogen-bond acceptors (Lipinski definition) is 10. The normalized spacial score (nSPS) is 22.9. The number of rotatable bonds is 4. The van der Waals surface area contributed by atoms with Crippen molar-refractivity contribution in [1.29, 1.82) is 0 Å². The summed E-state index contributed by atoms with van der Waals surface area (Å²) >= 11 is 0.